The van der Waals surface area contributed by atoms with E-state index in [2.05, 4.69) is 15.3 Å². The Kier molecular flexibility index (Phi) is 6.69. The second-order valence-corrected chi connectivity index (χ2v) is 7.08. The molecule has 0 aliphatic carbocycles. The zero-order valence-electron chi connectivity index (χ0n) is 17.6. The molecule has 0 bridgehead atoms. The predicted molar refractivity (Wildman–Crippen MR) is 119 cm³/mol. The molecule has 0 atom stereocenters. The molecule has 0 saturated heterocycles. The summed E-state index contributed by atoms with van der Waals surface area (Å²) < 4.78 is 14.1. The van der Waals surface area contributed by atoms with Gasteiger partial charge in [0.2, 0.25) is 5.95 Å². The lowest BCUT2D eigenvalue weighted by molar-refractivity contribution is 0.0147. The summed E-state index contributed by atoms with van der Waals surface area (Å²) in [5.74, 6) is -0.227. The number of amides is 1. The van der Waals surface area contributed by atoms with E-state index in [1.807, 2.05) is 36.4 Å². The molecular weight excluding hydrogens is 410 g/mol. The van der Waals surface area contributed by atoms with E-state index in [0.29, 0.717) is 31.0 Å². The lowest BCUT2D eigenvalue weighted by Crippen LogP contribution is -2.25. The Morgan fingerprint density at radius 1 is 1.00 bits per heavy atom. The SMILES string of the molecule is Cn1c(NC(=O)c2ccccc2)nc2c(ncn2COCCOCc2ccccc2)c1=O. The molecule has 0 fully saturated rings. The summed E-state index contributed by atoms with van der Waals surface area (Å²) in [5.41, 5.74) is 1.74. The average Bonchev–Trinajstić information content (AvgIpc) is 3.23. The van der Waals surface area contributed by atoms with Gasteiger partial charge in [-0.2, -0.15) is 4.98 Å². The van der Waals surface area contributed by atoms with Crippen molar-refractivity contribution in [1.29, 1.82) is 0 Å². The van der Waals surface area contributed by atoms with Crippen molar-refractivity contribution >= 4 is 23.0 Å². The summed E-state index contributed by atoms with van der Waals surface area (Å²) in [6.07, 6.45) is 1.49. The molecule has 2 aromatic heterocycles. The second kappa shape index (κ2) is 9.99. The van der Waals surface area contributed by atoms with Crippen molar-refractivity contribution in [3.8, 4) is 0 Å². The maximum absolute atomic E-state index is 12.7. The van der Waals surface area contributed by atoms with Crippen LogP contribution in [-0.2, 0) is 29.9 Å². The van der Waals surface area contributed by atoms with E-state index >= 15 is 0 Å². The number of anilines is 1. The first-order valence-electron chi connectivity index (χ1n) is 10.1. The van der Waals surface area contributed by atoms with E-state index in [4.69, 9.17) is 9.47 Å². The molecule has 2 aromatic carbocycles. The van der Waals surface area contributed by atoms with Gasteiger partial charge < -0.3 is 9.47 Å². The third-order valence-corrected chi connectivity index (χ3v) is 4.82. The molecule has 0 unspecified atom stereocenters. The fourth-order valence-corrected chi connectivity index (χ4v) is 3.09. The number of aromatic nitrogens is 4. The molecular formula is C23H23N5O4. The normalized spacial score (nSPS) is 11.0. The smallest absolute Gasteiger partial charge is 0.282 e. The van der Waals surface area contributed by atoms with Crippen LogP contribution < -0.4 is 10.9 Å². The van der Waals surface area contributed by atoms with Gasteiger partial charge in [0, 0.05) is 12.6 Å². The number of hydrogen-bond donors (Lipinski definition) is 1. The van der Waals surface area contributed by atoms with Crippen LogP contribution in [-0.4, -0.2) is 38.2 Å². The third kappa shape index (κ3) is 4.90. The first-order chi connectivity index (χ1) is 15.6. The monoisotopic (exact) mass is 433 g/mol. The van der Waals surface area contributed by atoms with E-state index in [9.17, 15) is 9.59 Å². The summed E-state index contributed by atoms with van der Waals surface area (Å²) in [6, 6.07) is 18.6. The Labute approximate surface area is 184 Å². The van der Waals surface area contributed by atoms with Crippen LogP contribution in [0.3, 0.4) is 0 Å². The van der Waals surface area contributed by atoms with Gasteiger partial charge in [0.15, 0.2) is 11.2 Å². The molecule has 9 nitrogen and oxygen atoms in total. The highest BCUT2D eigenvalue weighted by Crippen LogP contribution is 2.11. The van der Waals surface area contributed by atoms with Crippen molar-refractivity contribution in [3.05, 3.63) is 88.5 Å². The van der Waals surface area contributed by atoms with Crippen molar-refractivity contribution in [3.63, 3.8) is 0 Å². The van der Waals surface area contributed by atoms with E-state index < -0.39 is 0 Å². The lowest BCUT2D eigenvalue weighted by atomic mass is 10.2. The number of carbonyl (C=O) groups is 1. The van der Waals surface area contributed by atoms with Crippen LogP contribution >= 0.6 is 0 Å². The highest BCUT2D eigenvalue weighted by molar-refractivity contribution is 6.03. The standard InChI is InChI=1S/C23H23N5O4/c1-27-22(30)19-20(25-23(27)26-21(29)18-10-6-3-7-11-18)28(15-24-19)16-32-13-12-31-14-17-8-4-2-5-9-17/h2-11,15H,12-14,16H2,1H3,(H,25,26,29). The van der Waals surface area contributed by atoms with Crippen LogP contribution in [0.4, 0.5) is 5.95 Å². The number of imidazole rings is 1. The van der Waals surface area contributed by atoms with Crippen molar-refractivity contribution < 1.29 is 14.3 Å². The van der Waals surface area contributed by atoms with Gasteiger partial charge in [-0.05, 0) is 17.7 Å². The molecule has 0 saturated carbocycles. The number of nitrogens with zero attached hydrogens (tertiary/aromatic N) is 4. The van der Waals surface area contributed by atoms with Gasteiger partial charge in [0.25, 0.3) is 11.5 Å². The summed E-state index contributed by atoms with van der Waals surface area (Å²) in [7, 11) is 1.54. The van der Waals surface area contributed by atoms with E-state index in [0.717, 1.165) is 5.56 Å². The number of nitrogens with one attached hydrogen (secondary N) is 1. The number of benzene rings is 2. The first kappa shape index (κ1) is 21.4. The molecule has 1 N–H and O–H groups in total. The minimum atomic E-state index is -0.358. The minimum absolute atomic E-state index is 0.129. The van der Waals surface area contributed by atoms with Crippen molar-refractivity contribution in [2.24, 2.45) is 7.05 Å². The Hall–Kier alpha value is -3.82. The van der Waals surface area contributed by atoms with E-state index in [-0.39, 0.29) is 29.7 Å². The molecule has 4 rings (SSSR count). The van der Waals surface area contributed by atoms with Gasteiger partial charge >= 0.3 is 0 Å². The van der Waals surface area contributed by atoms with Crippen molar-refractivity contribution in [1.82, 2.24) is 19.1 Å². The maximum atomic E-state index is 12.7. The molecule has 32 heavy (non-hydrogen) atoms. The Bertz CT molecular complexity index is 1250. The molecule has 4 aromatic rings. The summed E-state index contributed by atoms with van der Waals surface area (Å²) in [6.45, 7) is 1.46. The van der Waals surface area contributed by atoms with E-state index in [1.54, 1.807) is 28.8 Å². The fourth-order valence-electron chi connectivity index (χ4n) is 3.09. The summed E-state index contributed by atoms with van der Waals surface area (Å²) in [5, 5.41) is 2.69. The average molecular weight is 433 g/mol. The van der Waals surface area contributed by atoms with Crippen LogP contribution in [0.15, 0.2) is 71.8 Å². The first-order valence-corrected chi connectivity index (χ1v) is 10.1. The summed E-state index contributed by atoms with van der Waals surface area (Å²) >= 11 is 0. The Morgan fingerprint density at radius 3 is 2.44 bits per heavy atom. The maximum Gasteiger partial charge on any atom is 0.282 e. The molecule has 9 heteroatoms. The van der Waals surface area contributed by atoms with E-state index in [1.165, 1.54) is 17.9 Å². The van der Waals surface area contributed by atoms with Crippen LogP contribution in [0.1, 0.15) is 15.9 Å². The van der Waals surface area contributed by atoms with Gasteiger partial charge in [-0.25, -0.2) is 4.98 Å². The molecule has 0 aliphatic rings. The number of rotatable bonds is 9. The molecule has 1 amide bonds. The minimum Gasteiger partial charge on any atom is -0.374 e. The number of fused-ring (bicyclic) bond motifs is 1. The van der Waals surface area contributed by atoms with Gasteiger partial charge in [-0.1, -0.05) is 48.5 Å². The van der Waals surface area contributed by atoms with Crippen LogP contribution in [0.25, 0.3) is 11.2 Å². The zero-order chi connectivity index (χ0) is 22.3. The molecule has 2 heterocycles. The number of carbonyl (C=O) groups excluding carboxylic acids is 1. The van der Waals surface area contributed by atoms with Crippen molar-refractivity contribution in [2.75, 3.05) is 18.5 Å². The molecule has 0 radical (unpaired) electrons. The third-order valence-electron chi connectivity index (χ3n) is 4.82. The number of ether oxygens (including phenoxy) is 2. The van der Waals surface area contributed by atoms with Gasteiger partial charge in [-0.15, -0.1) is 0 Å². The number of hydrogen-bond acceptors (Lipinski definition) is 6. The molecule has 164 valence electrons. The topological polar surface area (TPSA) is 100 Å². The molecule has 0 aliphatic heterocycles. The predicted octanol–water partition coefficient (Wildman–Crippen LogP) is 2.57. The van der Waals surface area contributed by atoms with Crippen LogP contribution in [0.5, 0.6) is 0 Å². The molecule has 0 spiro atoms. The summed E-state index contributed by atoms with van der Waals surface area (Å²) in [4.78, 5) is 33.7. The quantitative estimate of drug-likeness (QED) is 0.407. The van der Waals surface area contributed by atoms with Gasteiger partial charge in [0.05, 0.1) is 26.1 Å². The Morgan fingerprint density at radius 2 is 1.69 bits per heavy atom. The Balaban J connectivity index is 1.39. The highest BCUT2D eigenvalue weighted by atomic mass is 16.5. The van der Waals surface area contributed by atoms with Gasteiger partial charge in [-0.3, -0.25) is 24.0 Å². The second-order valence-electron chi connectivity index (χ2n) is 7.08. The zero-order valence-corrected chi connectivity index (χ0v) is 17.6. The van der Waals surface area contributed by atoms with Crippen molar-refractivity contribution in [2.45, 2.75) is 13.3 Å². The highest BCUT2D eigenvalue weighted by Gasteiger charge is 2.16. The largest absolute Gasteiger partial charge is 0.374 e. The van der Waals surface area contributed by atoms with Gasteiger partial charge in [0.1, 0.15) is 6.73 Å². The van der Waals surface area contributed by atoms with Crippen LogP contribution in [0, 0.1) is 0 Å². The van der Waals surface area contributed by atoms with Crippen LogP contribution in [0.2, 0.25) is 0 Å². The fraction of sp³-hybridized carbons (Fsp3) is 0.217. The lowest BCUT2D eigenvalue weighted by Gasteiger charge is -2.10.